The highest BCUT2D eigenvalue weighted by molar-refractivity contribution is 7.91. The van der Waals surface area contributed by atoms with Gasteiger partial charge in [0.1, 0.15) is 29.5 Å². The van der Waals surface area contributed by atoms with Gasteiger partial charge >= 0.3 is 18.4 Å². The number of alkyl carbamates (subject to hydrolysis) is 1. The lowest BCUT2D eigenvalue weighted by atomic mass is 9.65. The number of piperidine rings is 1. The molecule has 1 aromatic heterocycles. The van der Waals surface area contributed by atoms with Crippen LogP contribution in [-0.2, 0) is 41.7 Å². The van der Waals surface area contributed by atoms with Crippen molar-refractivity contribution >= 4 is 44.7 Å². The third-order valence-electron chi connectivity index (χ3n) is 14.4. The number of allylic oxidation sites excluding steroid dienone is 1. The molecule has 5 aliphatic rings. The maximum Gasteiger partial charge on any atom is 0.437 e. The van der Waals surface area contributed by atoms with Gasteiger partial charge in [-0.2, -0.15) is 26.3 Å². The topological polar surface area (TPSA) is 186 Å². The van der Waals surface area contributed by atoms with E-state index in [1.807, 2.05) is 19.9 Å². The molecule has 4 heterocycles. The summed E-state index contributed by atoms with van der Waals surface area (Å²) in [4.78, 5) is 62.2. The van der Waals surface area contributed by atoms with E-state index in [9.17, 15) is 53.9 Å². The van der Waals surface area contributed by atoms with Gasteiger partial charge in [-0.05, 0) is 114 Å². The van der Waals surface area contributed by atoms with Crippen LogP contribution in [0.5, 0.6) is 11.5 Å². The van der Waals surface area contributed by atoms with Crippen LogP contribution in [0.2, 0.25) is 0 Å². The summed E-state index contributed by atoms with van der Waals surface area (Å²) in [7, 11) is -4.16. The fourth-order valence-corrected chi connectivity index (χ4v) is 11.1. The number of hydrogen-bond donors (Lipinski definition) is 3. The fraction of sp³-hybridized carbons (Fsp3) is 0.688. The average Bonchev–Trinajstić information content (AvgIpc) is 3.95. The highest BCUT2D eigenvalue weighted by Crippen LogP contribution is 2.50. The van der Waals surface area contributed by atoms with Crippen LogP contribution in [0.15, 0.2) is 30.4 Å². The van der Waals surface area contributed by atoms with Crippen molar-refractivity contribution in [2.45, 2.75) is 145 Å². The molecule has 0 bridgehead atoms. The van der Waals surface area contributed by atoms with Crippen LogP contribution in [-0.4, -0.2) is 121 Å². The molecule has 70 heavy (non-hydrogen) atoms. The molecule has 22 heteroatoms. The molecule has 2 aliphatic carbocycles. The Labute approximate surface area is 404 Å². The zero-order chi connectivity index (χ0) is 50.9. The molecule has 1 aromatic carbocycles. The number of alkyl halides is 6. The van der Waals surface area contributed by atoms with Crippen molar-refractivity contribution < 1.29 is 68.1 Å². The Balaban J connectivity index is 1.17. The van der Waals surface area contributed by atoms with E-state index < -0.39 is 105 Å². The number of pyridine rings is 1. The normalized spacial score (nSPS) is 24.8. The molecule has 388 valence electrons. The van der Waals surface area contributed by atoms with Gasteiger partial charge in [0.15, 0.2) is 11.4 Å². The highest BCUT2D eigenvalue weighted by atomic mass is 32.2. The molecule has 0 unspecified atom stereocenters. The Hall–Kier alpha value is -4.86. The Kier molecular flexibility index (Phi) is 15.7. The lowest BCUT2D eigenvalue weighted by Crippen LogP contribution is -2.70. The molecule has 3 N–H and O–H groups in total. The maximum absolute atomic E-state index is 15.0. The minimum absolute atomic E-state index is 0.00470. The molecular formula is C48H64F6N6O9S. The number of nitrogens with zero attached hydrogens (tertiary/aromatic N) is 3. The van der Waals surface area contributed by atoms with E-state index in [4.69, 9.17) is 14.2 Å². The van der Waals surface area contributed by atoms with Crippen LogP contribution in [0.25, 0.3) is 10.9 Å². The SMILES string of the molecule is CCCCC/C=C\[C@@H]1CC[C@]1(NC(=O)[C@@H]1C[C@]2(CCc3c(c(C(F)(F)F)nc4ccc(OCC5CCN(CC(F)(F)F)CC5)cc34)O2)CN1C(=O)CNC(=O)OCC(C)C)C(=O)NS(=O)(=O)C1(C)CC1. The van der Waals surface area contributed by atoms with Gasteiger partial charge in [-0.15, -0.1) is 0 Å². The van der Waals surface area contributed by atoms with Gasteiger partial charge in [-0.25, -0.2) is 18.2 Å². The first-order chi connectivity index (χ1) is 32.9. The van der Waals surface area contributed by atoms with Crippen LogP contribution in [0, 0.1) is 17.8 Å². The summed E-state index contributed by atoms with van der Waals surface area (Å²) in [6.45, 7) is 5.85. The van der Waals surface area contributed by atoms with Gasteiger partial charge in [0.2, 0.25) is 21.8 Å². The summed E-state index contributed by atoms with van der Waals surface area (Å²) in [6.07, 6.45) is -1.32. The van der Waals surface area contributed by atoms with Crippen LogP contribution >= 0.6 is 0 Å². The molecule has 1 spiro atoms. The molecule has 15 nitrogen and oxygen atoms in total. The number of unbranched alkanes of at least 4 members (excludes halogenated alkanes) is 3. The number of benzene rings is 1. The monoisotopic (exact) mass is 1010 g/mol. The van der Waals surface area contributed by atoms with Gasteiger partial charge < -0.3 is 29.7 Å². The van der Waals surface area contributed by atoms with Crippen LogP contribution in [0.4, 0.5) is 31.1 Å². The first kappa shape index (κ1) is 53.0. The van der Waals surface area contributed by atoms with Gasteiger partial charge in [0.05, 0.1) is 36.6 Å². The Morgan fingerprint density at radius 2 is 1.74 bits per heavy atom. The summed E-state index contributed by atoms with van der Waals surface area (Å²) in [5.41, 5.74) is -4.51. The minimum Gasteiger partial charge on any atom is -0.493 e. The van der Waals surface area contributed by atoms with Crippen molar-refractivity contribution in [3.63, 3.8) is 0 Å². The second kappa shape index (κ2) is 20.7. The average molecular weight is 1020 g/mol. The van der Waals surface area contributed by atoms with Crippen molar-refractivity contribution in [3.8, 4) is 11.5 Å². The van der Waals surface area contributed by atoms with E-state index in [1.54, 1.807) is 12.1 Å². The van der Waals surface area contributed by atoms with E-state index in [1.165, 1.54) is 24.0 Å². The lowest BCUT2D eigenvalue weighted by Gasteiger charge is -2.47. The van der Waals surface area contributed by atoms with Crippen molar-refractivity contribution in [2.75, 3.05) is 45.9 Å². The molecule has 4 atom stereocenters. The second-order valence-electron chi connectivity index (χ2n) is 20.4. The number of rotatable bonds is 18. The molecule has 2 aromatic rings. The Bertz CT molecular complexity index is 2420. The summed E-state index contributed by atoms with van der Waals surface area (Å²) in [6, 6.07) is 2.96. The molecule has 3 aliphatic heterocycles. The van der Waals surface area contributed by atoms with E-state index in [0.717, 1.165) is 24.2 Å². The quantitative estimate of drug-likeness (QED) is 0.0771. The van der Waals surface area contributed by atoms with Gasteiger partial charge in [0.25, 0.3) is 5.91 Å². The van der Waals surface area contributed by atoms with E-state index in [-0.39, 0.29) is 74.9 Å². The molecule has 4 amide bonds. The smallest absolute Gasteiger partial charge is 0.437 e. The third-order valence-corrected chi connectivity index (χ3v) is 16.5. The minimum atomic E-state index is -5.01. The molecule has 2 saturated carbocycles. The lowest BCUT2D eigenvalue weighted by molar-refractivity contribution is -0.149. The number of hydrogen-bond acceptors (Lipinski definition) is 11. The number of fused-ring (bicyclic) bond motifs is 3. The van der Waals surface area contributed by atoms with Gasteiger partial charge in [-0.3, -0.25) is 24.0 Å². The number of amides is 4. The highest BCUT2D eigenvalue weighted by Gasteiger charge is 2.60. The Morgan fingerprint density at radius 1 is 1.01 bits per heavy atom. The van der Waals surface area contributed by atoms with Gasteiger partial charge in [0, 0.05) is 23.3 Å². The molecule has 7 rings (SSSR count). The number of sulfonamides is 1. The zero-order valence-corrected chi connectivity index (χ0v) is 40.8. The number of likely N-dealkylation sites (tertiary alicyclic amines) is 2. The maximum atomic E-state index is 15.0. The Morgan fingerprint density at radius 3 is 2.37 bits per heavy atom. The number of ether oxygens (including phenoxy) is 3. The van der Waals surface area contributed by atoms with Gasteiger partial charge in [-0.1, -0.05) is 45.8 Å². The van der Waals surface area contributed by atoms with Crippen molar-refractivity contribution in [1.29, 1.82) is 0 Å². The first-order valence-electron chi connectivity index (χ1n) is 24.3. The summed E-state index contributed by atoms with van der Waals surface area (Å²) in [5, 5.41) is 5.51. The third kappa shape index (κ3) is 12.1. The van der Waals surface area contributed by atoms with Crippen LogP contribution in [0.3, 0.4) is 0 Å². The standard InChI is InChI=1S/C48H64F6N6O9S/c1-5-6-7-8-9-10-32-13-18-46(32,42(63)58-70(65,66)44(4)19-20-44)57-41(62)37-24-45(28-60(37)38(61)25-55-43(64)68-26-30(2)3)17-14-34-35-23-33(11-12-36(35)56-40(39(34)69-45)48(52,53)54)67-27-31-15-21-59(22-16-31)29-47(49,50)51/h9-12,23,30-32,37H,5-8,13-22,24-29H2,1-4H3,(H,55,64)(H,57,62)(H,58,63)/b10-9-/t32-,37+,45-,46-/m1/s1. The number of halogens is 6. The summed E-state index contributed by atoms with van der Waals surface area (Å²) >= 11 is 0. The number of nitrogens with one attached hydrogen (secondary N) is 3. The predicted octanol–water partition coefficient (Wildman–Crippen LogP) is 7.35. The molecular weight excluding hydrogens is 951 g/mol. The fourth-order valence-electron chi connectivity index (χ4n) is 9.78. The van der Waals surface area contributed by atoms with Crippen LogP contribution in [0.1, 0.15) is 116 Å². The second-order valence-corrected chi connectivity index (χ2v) is 22.6. The first-order valence-corrected chi connectivity index (χ1v) is 25.8. The number of aromatic nitrogens is 1. The molecule has 0 radical (unpaired) electrons. The molecule has 4 fully saturated rings. The van der Waals surface area contributed by atoms with Crippen LogP contribution < -0.4 is 24.8 Å². The number of aryl methyl sites for hydroxylation is 1. The summed E-state index contributed by atoms with van der Waals surface area (Å²) in [5.74, 6) is -3.58. The molecule has 2 saturated heterocycles. The largest absolute Gasteiger partial charge is 0.493 e. The zero-order valence-electron chi connectivity index (χ0n) is 40.0. The van der Waals surface area contributed by atoms with Crippen molar-refractivity contribution in [3.05, 3.63) is 41.6 Å². The van der Waals surface area contributed by atoms with Crippen molar-refractivity contribution in [1.82, 2.24) is 30.1 Å². The number of carbonyl (C=O) groups is 4. The van der Waals surface area contributed by atoms with E-state index in [2.05, 4.69) is 27.3 Å². The van der Waals surface area contributed by atoms with E-state index in [0.29, 0.717) is 49.7 Å². The number of carbonyl (C=O) groups excluding carboxylic acids is 4. The van der Waals surface area contributed by atoms with Crippen molar-refractivity contribution in [2.24, 2.45) is 17.8 Å². The van der Waals surface area contributed by atoms with E-state index >= 15 is 0 Å². The summed E-state index contributed by atoms with van der Waals surface area (Å²) < 4.78 is 129. The predicted molar refractivity (Wildman–Crippen MR) is 245 cm³/mol.